The van der Waals surface area contributed by atoms with Crippen molar-refractivity contribution in [2.45, 2.75) is 39.0 Å². The van der Waals surface area contributed by atoms with Crippen LogP contribution in [0.15, 0.2) is 6.07 Å². The lowest BCUT2D eigenvalue weighted by Crippen LogP contribution is -2.50. The number of fused-ring (bicyclic) bond motifs is 1. The van der Waals surface area contributed by atoms with Gasteiger partial charge in [-0.1, -0.05) is 0 Å². The molecule has 0 unspecified atom stereocenters. The van der Waals surface area contributed by atoms with Crippen LogP contribution >= 0.6 is 11.3 Å². The molecule has 25 heavy (non-hydrogen) atoms. The smallest absolute Gasteiger partial charge is 0.409 e. The fourth-order valence-electron chi connectivity index (χ4n) is 3.29. The fourth-order valence-corrected chi connectivity index (χ4v) is 4.44. The van der Waals surface area contributed by atoms with Gasteiger partial charge in [0.25, 0.3) is 5.91 Å². The molecule has 2 heterocycles. The first-order chi connectivity index (χ1) is 12.1. The van der Waals surface area contributed by atoms with Gasteiger partial charge in [0, 0.05) is 18.0 Å². The van der Waals surface area contributed by atoms with E-state index in [0.29, 0.717) is 31.0 Å². The van der Waals surface area contributed by atoms with Gasteiger partial charge >= 0.3 is 6.09 Å². The summed E-state index contributed by atoms with van der Waals surface area (Å²) in [6, 6.07) is 1.91. The summed E-state index contributed by atoms with van der Waals surface area (Å²) in [4.78, 5) is 39.7. The highest BCUT2D eigenvalue weighted by molar-refractivity contribution is 7.14. The predicted molar refractivity (Wildman–Crippen MR) is 93.3 cm³/mol. The van der Waals surface area contributed by atoms with Gasteiger partial charge in [-0.2, -0.15) is 0 Å². The van der Waals surface area contributed by atoms with Crippen LogP contribution in [0.25, 0.3) is 0 Å². The molecule has 1 aromatic rings. The monoisotopic (exact) mass is 365 g/mol. The van der Waals surface area contributed by atoms with Crippen LogP contribution in [0.4, 0.5) is 4.79 Å². The molecule has 3 rings (SSSR count). The number of thiophene rings is 1. The van der Waals surface area contributed by atoms with Gasteiger partial charge in [-0.3, -0.25) is 20.4 Å². The van der Waals surface area contributed by atoms with Crippen molar-refractivity contribution >= 4 is 29.2 Å². The minimum Gasteiger partial charge on any atom is -0.450 e. The Labute approximate surface area is 150 Å². The summed E-state index contributed by atoms with van der Waals surface area (Å²) in [6.45, 7) is 2.97. The number of hydrogen-bond acceptors (Lipinski definition) is 5. The number of aryl methyl sites for hydroxylation is 2. The Balaban J connectivity index is 1.49. The van der Waals surface area contributed by atoms with Crippen LogP contribution in [-0.2, 0) is 22.4 Å². The van der Waals surface area contributed by atoms with Gasteiger partial charge in [-0.05, 0) is 50.7 Å². The maximum absolute atomic E-state index is 12.3. The molecule has 0 spiro atoms. The summed E-state index contributed by atoms with van der Waals surface area (Å²) in [5.41, 5.74) is 6.24. The zero-order valence-electron chi connectivity index (χ0n) is 14.3. The third-order valence-corrected chi connectivity index (χ3v) is 5.82. The number of hydrogen-bond donors (Lipinski definition) is 2. The van der Waals surface area contributed by atoms with E-state index >= 15 is 0 Å². The number of likely N-dealkylation sites (tertiary alicyclic amines) is 1. The number of ether oxygens (including phenoxy) is 1. The van der Waals surface area contributed by atoms with Gasteiger partial charge in [0.2, 0.25) is 5.91 Å². The van der Waals surface area contributed by atoms with E-state index in [9.17, 15) is 14.4 Å². The number of rotatable bonds is 3. The number of amides is 3. The van der Waals surface area contributed by atoms with Gasteiger partial charge in [-0.25, -0.2) is 4.79 Å². The minimum absolute atomic E-state index is 0.272. The van der Waals surface area contributed by atoms with Crippen molar-refractivity contribution in [3.63, 3.8) is 0 Å². The fraction of sp³-hybridized carbons (Fsp3) is 0.588. The van der Waals surface area contributed by atoms with Crippen LogP contribution in [0, 0.1) is 5.92 Å². The SMILES string of the molecule is CCOC(=O)N1CCC[C@H](C(=O)NNC(=O)c2cc3c(s2)CCC3)C1. The molecule has 1 aliphatic carbocycles. The minimum atomic E-state index is -0.392. The third kappa shape index (κ3) is 4.12. The zero-order chi connectivity index (χ0) is 17.8. The first kappa shape index (κ1) is 17.7. The molecular formula is C17H23N3O4S. The summed E-state index contributed by atoms with van der Waals surface area (Å²) in [7, 11) is 0. The first-order valence-corrected chi connectivity index (χ1v) is 9.53. The standard InChI is InChI=1S/C17H23N3O4S/c1-2-24-17(23)20-8-4-6-12(10-20)15(21)18-19-16(22)14-9-11-5-3-7-13(11)25-14/h9,12H,2-8,10H2,1H3,(H,18,21)(H,19,22)/t12-/m0/s1. The van der Waals surface area contributed by atoms with E-state index in [1.54, 1.807) is 11.8 Å². The Morgan fingerprint density at radius 3 is 2.88 bits per heavy atom. The maximum atomic E-state index is 12.3. The Morgan fingerprint density at radius 1 is 1.28 bits per heavy atom. The van der Waals surface area contributed by atoms with E-state index in [-0.39, 0.29) is 17.7 Å². The van der Waals surface area contributed by atoms with Crippen molar-refractivity contribution in [3.8, 4) is 0 Å². The molecule has 0 aromatic carbocycles. The van der Waals surface area contributed by atoms with E-state index in [4.69, 9.17) is 4.74 Å². The van der Waals surface area contributed by atoms with E-state index in [2.05, 4.69) is 10.9 Å². The van der Waals surface area contributed by atoms with Gasteiger partial charge in [0.1, 0.15) is 0 Å². The average Bonchev–Trinajstić information content (AvgIpc) is 3.21. The average molecular weight is 365 g/mol. The topological polar surface area (TPSA) is 87.7 Å². The van der Waals surface area contributed by atoms with E-state index < -0.39 is 6.09 Å². The lowest BCUT2D eigenvalue weighted by Gasteiger charge is -2.31. The number of nitrogens with one attached hydrogen (secondary N) is 2. The Kier molecular flexibility index (Phi) is 5.57. The van der Waals surface area contributed by atoms with Gasteiger partial charge in [-0.15, -0.1) is 11.3 Å². The molecule has 1 aromatic heterocycles. The molecule has 0 saturated carbocycles. The van der Waals surface area contributed by atoms with E-state index in [1.807, 2.05) is 6.07 Å². The van der Waals surface area contributed by atoms with Crippen LogP contribution in [0.1, 0.15) is 46.3 Å². The molecule has 7 nitrogen and oxygen atoms in total. The third-order valence-electron chi connectivity index (χ3n) is 4.59. The second kappa shape index (κ2) is 7.86. The molecule has 0 radical (unpaired) electrons. The molecule has 3 amide bonds. The molecule has 8 heteroatoms. The Bertz CT molecular complexity index is 651. The second-order valence-corrected chi connectivity index (χ2v) is 7.48. The van der Waals surface area contributed by atoms with E-state index in [0.717, 1.165) is 25.7 Å². The van der Waals surface area contributed by atoms with Crippen LogP contribution < -0.4 is 10.9 Å². The number of hydrazine groups is 1. The van der Waals surface area contributed by atoms with Crippen molar-refractivity contribution < 1.29 is 19.1 Å². The summed E-state index contributed by atoms with van der Waals surface area (Å²) in [5, 5.41) is 0. The van der Waals surface area contributed by atoms with Gasteiger partial charge in [0.05, 0.1) is 17.4 Å². The molecule has 1 fully saturated rings. The quantitative estimate of drug-likeness (QED) is 0.801. The number of nitrogens with zero attached hydrogens (tertiary/aromatic N) is 1. The lowest BCUT2D eigenvalue weighted by molar-refractivity contribution is -0.127. The van der Waals surface area contributed by atoms with E-state index in [1.165, 1.54) is 21.8 Å². The highest BCUT2D eigenvalue weighted by Crippen LogP contribution is 2.30. The summed E-state index contributed by atoms with van der Waals surface area (Å²) in [5.74, 6) is -0.899. The molecule has 2 N–H and O–H groups in total. The van der Waals surface area contributed by atoms with Crippen molar-refractivity contribution in [1.82, 2.24) is 15.8 Å². The molecular weight excluding hydrogens is 342 g/mol. The van der Waals surface area contributed by atoms with Crippen LogP contribution in [0.2, 0.25) is 0 Å². The maximum Gasteiger partial charge on any atom is 0.409 e. The van der Waals surface area contributed by atoms with Crippen LogP contribution in [-0.4, -0.2) is 42.5 Å². The molecule has 1 saturated heterocycles. The van der Waals surface area contributed by atoms with Gasteiger partial charge < -0.3 is 9.64 Å². The number of piperidine rings is 1. The van der Waals surface area contributed by atoms with Crippen molar-refractivity contribution in [3.05, 3.63) is 21.4 Å². The lowest BCUT2D eigenvalue weighted by atomic mass is 9.98. The Hall–Kier alpha value is -2.09. The van der Waals surface area contributed by atoms with Gasteiger partial charge in [0.15, 0.2) is 0 Å². The predicted octanol–water partition coefficient (Wildman–Crippen LogP) is 1.87. The summed E-state index contributed by atoms with van der Waals surface area (Å²) < 4.78 is 4.98. The molecule has 1 aliphatic heterocycles. The number of carbonyl (C=O) groups excluding carboxylic acids is 3. The molecule has 2 aliphatic rings. The summed E-state index contributed by atoms with van der Waals surface area (Å²) in [6.07, 6.45) is 4.24. The first-order valence-electron chi connectivity index (χ1n) is 8.72. The van der Waals surface area contributed by atoms with Crippen LogP contribution in [0.3, 0.4) is 0 Å². The molecule has 1 atom stereocenters. The second-order valence-electron chi connectivity index (χ2n) is 6.34. The number of carbonyl (C=O) groups is 3. The highest BCUT2D eigenvalue weighted by Gasteiger charge is 2.29. The molecule has 136 valence electrons. The van der Waals surface area contributed by atoms with Crippen molar-refractivity contribution in [2.75, 3.05) is 19.7 Å². The Morgan fingerprint density at radius 2 is 2.12 bits per heavy atom. The zero-order valence-corrected chi connectivity index (χ0v) is 15.1. The largest absolute Gasteiger partial charge is 0.450 e. The molecule has 0 bridgehead atoms. The highest BCUT2D eigenvalue weighted by atomic mass is 32.1. The van der Waals surface area contributed by atoms with Crippen molar-refractivity contribution in [1.29, 1.82) is 0 Å². The summed E-state index contributed by atoms with van der Waals surface area (Å²) >= 11 is 1.49. The normalized spacial score (nSPS) is 19.2. The van der Waals surface area contributed by atoms with Crippen molar-refractivity contribution in [2.24, 2.45) is 5.92 Å². The van der Waals surface area contributed by atoms with Crippen LogP contribution in [0.5, 0.6) is 0 Å².